The first-order chi connectivity index (χ1) is 16.7. The molecular weight excluding hydrogens is 472 g/mol. The van der Waals surface area contributed by atoms with Gasteiger partial charge in [0.2, 0.25) is 12.0 Å². The maximum Gasteiger partial charge on any atom is 0.264 e. The summed E-state index contributed by atoms with van der Waals surface area (Å²) >= 11 is 0. The number of carbonyl (C=O) groups is 2. The van der Waals surface area contributed by atoms with E-state index in [4.69, 9.17) is 4.74 Å². The zero-order chi connectivity index (χ0) is 25.4. The molecule has 0 aliphatic heterocycles. The highest BCUT2D eigenvalue weighted by Gasteiger charge is 2.23. The number of aromatic nitrogens is 2. The van der Waals surface area contributed by atoms with Crippen molar-refractivity contribution >= 4 is 39.0 Å². The van der Waals surface area contributed by atoms with Gasteiger partial charge in [-0.2, -0.15) is 10.2 Å². The highest BCUT2D eigenvalue weighted by Crippen LogP contribution is 2.20. The maximum absolute atomic E-state index is 12.6. The molecular formula is C23H24N6O5S. The molecule has 3 aromatic rings. The lowest BCUT2D eigenvalue weighted by Crippen LogP contribution is -2.31. The second kappa shape index (κ2) is 11.3. The number of anilines is 2. The van der Waals surface area contributed by atoms with E-state index >= 15 is 0 Å². The van der Waals surface area contributed by atoms with Gasteiger partial charge >= 0.3 is 0 Å². The fourth-order valence-corrected chi connectivity index (χ4v) is 3.77. The van der Waals surface area contributed by atoms with Crippen LogP contribution in [0.15, 0.2) is 75.9 Å². The molecule has 1 aromatic heterocycles. The van der Waals surface area contributed by atoms with Crippen LogP contribution in [0.1, 0.15) is 19.5 Å². The van der Waals surface area contributed by atoms with Crippen LogP contribution in [0.2, 0.25) is 0 Å². The van der Waals surface area contributed by atoms with Crippen molar-refractivity contribution < 1.29 is 22.7 Å². The van der Waals surface area contributed by atoms with Crippen LogP contribution in [0.4, 0.5) is 17.3 Å². The second-order valence-corrected chi connectivity index (χ2v) is 8.98. The number of amides is 1. The van der Waals surface area contributed by atoms with Gasteiger partial charge in [-0.25, -0.2) is 23.1 Å². The van der Waals surface area contributed by atoms with Gasteiger partial charge in [0, 0.05) is 17.6 Å². The van der Waals surface area contributed by atoms with E-state index in [2.05, 4.69) is 30.2 Å². The van der Waals surface area contributed by atoms with Crippen LogP contribution >= 0.6 is 0 Å². The molecule has 3 rings (SSSR count). The lowest BCUT2D eigenvalue weighted by atomic mass is 10.2. The largest absolute Gasteiger partial charge is 0.494 e. The molecule has 0 fully saturated rings. The van der Waals surface area contributed by atoms with Crippen molar-refractivity contribution in [2.24, 2.45) is 10.2 Å². The SMILES string of the molecule is CCOc1ccc(NC(=O)[C@H](N=Nc2ccc(S(=O)(=O)Nc3nccc(C)n3)cc2)C(C)=O)cc1. The topological polar surface area (TPSA) is 152 Å². The molecule has 0 radical (unpaired) electrons. The van der Waals surface area contributed by atoms with Crippen LogP contribution in [0.25, 0.3) is 0 Å². The van der Waals surface area contributed by atoms with Crippen molar-refractivity contribution in [3.8, 4) is 5.75 Å². The third-order valence-corrected chi connectivity index (χ3v) is 5.87. The Bertz CT molecular complexity index is 1330. The standard InChI is InChI=1S/C23H24N6O5S/c1-4-34-19-9-5-17(6-10-19)26-22(31)21(16(3)30)28-27-18-7-11-20(12-8-18)35(32,33)29-23-24-14-13-15(2)25-23/h5-14,21H,4H2,1-3H3,(H,26,31)(H,24,25,29)/t21-/m1/s1. The number of ketones is 1. The van der Waals surface area contributed by atoms with Crippen LogP contribution in [0.5, 0.6) is 5.75 Å². The molecule has 35 heavy (non-hydrogen) atoms. The number of nitrogens with zero attached hydrogens (tertiary/aromatic N) is 4. The van der Waals surface area contributed by atoms with E-state index in [1.54, 1.807) is 37.3 Å². The highest BCUT2D eigenvalue weighted by atomic mass is 32.2. The Labute approximate surface area is 202 Å². The Morgan fingerprint density at radius 1 is 1.06 bits per heavy atom. The average Bonchev–Trinajstić information content (AvgIpc) is 2.80. The number of benzene rings is 2. The first-order valence-corrected chi connectivity index (χ1v) is 12.0. The van der Waals surface area contributed by atoms with E-state index in [1.165, 1.54) is 37.4 Å². The summed E-state index contributed by atoms with van der Waals surface area (Å²) in [5.74, 6) is -0.539. The van der Waals surface area contributed by atoms with E-state index in [0.29, 0.717) is 23.7 Å². The summed E-state index contributed by atoms with van der Waals surface area (Å²) in [6.45, 7) is 5.33. The number of carbonyl (C=O) groups excluding carboxylic acids is 2. The number of hydrogen-bond donors (Lipinski definition) is 2. The summed E-state index contributed by atoms with van der Waals surface area (Å²) in [6, 6.07) is 12.4. The molecule has 2 N–H and O–H groups in total. The number of ether oxygens (including phenoxy) is 1. The van der Waals surface area contributed by atoms with Crippen molar-refractivity contribution in [1.29, 1.82) is 0 Å². The Kier molecular flexibility index (Phi) is 8.21. The molecule has 1 atom stereocenters. The molecule has 0 bridgehead atoms. The molecule has 1 amide bonds. The van der Waals surface area contributed by atoms with Crippen LogP contribution in [0, 0.1) is 6.92 Å². The van der Waals surface area contributed by atoms with Gasteiger partial charge in [0.25, 0.3) is 15.9 Å². The Morgan fingerprint density at radius 2 is 1.74 bits per heavy atom. The van der Waals surface area contributed by atoms with Crippen molar-refractivity contribution in [3.63, 3.8) is 0 Å². The molecule has 11 nitrogen and oxygen atoms in total. The number of rotatable bonds is 10. The molecule has 0 spiro atoms. The number of aryl methyl sites for hydroxylation is 1. The zero-order valence-electron chi connectivity index (χ0n) is 19.3. The second-order valence-electron chi connectivity index (χ2n) is 7.30. The van der Waals surface area contributed by atoms with Gasteiger partial charge in [0.15, 0.2) is 5.78 Å². The molecule has 0 saturated heterocycles. The number of azo groups is 1. The van der Waals surface area contributed by atoms with Gasteiger partial charge in [-0.05, 0) is 75.4 Å². The molecule has 0 aliphatic rings. The summed E-state index contributed by atoms with van der Waals surface area (Å²) in [5, 5.41) is 10.4. The normalized spacial score (nSPS) is 12.2. The molecule has 0 saturated carbocycles. The van der Waals surface area contributed by atoms with Gasteiger partial charge < -0.3 is 10.1 Å². The summed E-state index contributed by atoms with van der Waals surface area (Å²) in [6.07, 6.45) is 1.45. The van der Waals surface area contributed by atoms with Crippen LogP contribution in [0.3, 0.4) is 0 Å². The van der Waals surface area contributed by atoms with Crippen LogP contribution in [-0.2, 0) is 19.6 Å². The maximum atomic E-state index is 12.6. The molecule has 12 heteroatoms. The lowest BCUT2D eigenvalue weighted by molar-refractivity contribution is -0.126. The average molecular weight is 497 g/mol. The van der Waals surface area contributed by atoms with Crippen molar-refractivity contribution in [3.05, 3.63) is 66.5 Å². The molecule has 0 aliphatic carbocycles. The Hall–Kier alpha value is -4.19. The summed E-state index contributed by atoms with van der Waals surface area (Å²) in [4.78, 5) is 32.4. The van der Waals surface area contributed by atoms with Crippen molar-refractivity contribution in [2.45, 2.75) is 31.7 Å². The summed E-state index contributed by atoms with van der Waals surface area (Å²) in [5.41, 5.74) is 1.34. The third kappa shape index (κ3) is 7.14. The van der Waals surface area contributed by atoms with E-state index in [0.717, 1.165) is 0 Å². The minimum absolute atomic E-state index is 0.0436. The lowest BCUT2D eigenvalue weighted by Gasteiger charge is -2.10. The van der Waals surface area contributed by atoms with Gasteiger partial charge in [-0.3, -0.25) is 9.59 Å². The first kappa shape index (κ1) is 25.4. The zero-order valence-corrected chi connectivity index (χ0v) is 20.1. The predicted octanol–water partition coefficient (Wildman–Crippen LogP) is 3.66. The van der Waals surface area contributed by atoms with E-state index < -0.39 is 27.8 Å². The number of nitrogens with one attached hydrogen (secondary N) is 2. The fraction of sp³-hybridized carbons (Fsp3) is 0.217. The van der Waals surface area contributed by atoms with Crippen LogP contribution in [-0.4, -0.2) is 42.7 Å². The first-order valence-electron chi connectivity index (χ1n) is 10.6. The van der Waals surface area contributed by atoms with Gasteiger partial charge in [-0.15, -0.1) is 0 Å². The molecule has 182 valence electrons. The van der Waals surface area contributed by atoms with Gasteiger partial charge in [-0.1, -0.05) is 0 Å². The smallest absolute Gasteiger partial charge is 0.264 e. The number of Topliss-reactive ketones (excluding diaryl/α,β-unsaturated/α-hetero) is 1. The number of hydrogen-bond acceptors (Lipinski definition) is 9. The minimum atomic E-state index is -3.92. The van der Waals surface area contributed by atoms with Crippen molar-refractivity contribution in [2.75, 3.05) is 16.6 Å². The Morgan fingerprint density at radius 3 is 2.34 bits per heavy atom. The monoisotopic (exact) mass is 496 g/mol. The van der Waals surface area contributed by atoms with Gasteiger partial charge in [0.1, 0.15) is 5.75 Å². The Balaban J connectivity index is 1.68. The van der Waals surface area contributed by atoms with E-state index in [-0.39, 0.29) is 16.5 Å². The van der Waals surface area contributed by atoms with Gasteiger partial charge in [0.05, 0.1) is 17.2 Å². The highest BCUT2D eigenvalue weighted by molar-refractivity contribution is 7.92. The summed E-state index contributed by atoms with van der Waals surface area (Å²) in [7, 11) is -3.92. The van der Waals surface area contributed by atoms with E-state index in [1.807, 2.05) is 6.92 Å². The predicted molar refractivity (Wildman–Crippen MR) is 129 cm³/mol. The molecule has 2 aromatic carbocycles. The van der Waals surface area contributed by atoms with Crippen LogP contribution < -0.4 is 14.8 Å². The minimum Gasteiger partial charge on any atom is -0.494 e. The van der Waals surface area contributed by atoms with Crippen molar-refractivity contribution in [1.82, 2.24) is 9.97 Å². The fourth-order valence-electron chi connectivity index (χ4n) is 2.82. The third-order valence-electron chi connectivity index (χ3n) is 4.52. The van der Waals surface area contributed by atoms with E-state index in [9.17, 15) is 18.0 Å². The number of sulfonamides is 1. The quantitative estimate of drug-likeness (QED) is 0.321. The molecule has 0 unspecified atom stereocenters. The molecule has 1 heterocycles. The summed E-state index contributed by atoms with van der Waals surface area (Å²) < 4.78 is 32.8.